The fourth-order valence-corrected chi connectivity index (χ4v) is 3.67. The Labute approximate surface area is 148 Å². The van der Waals surface area contributed by atoms with E-state index in [0.717, 1.165) is 0 Å². The molecule has 9 heteroatoms. The van der Waals surface area contributed by atoms with Gasteiger partial charge in [0.2, 0.25) is 0 Å². The van der Waals surface area contributed by atoms with Gasteiger partial charge in [-0.1, -0.05) is 46.4 Å². The van der Waals surface area contributed by atoms with Gasteiger partial charge in [0.1, 0.15) is 12.7 Å². The molecule has 0 fully saturated rings. The van der Waals surface area contributed by atoms with Crippen molar-refractivity contribution >= 4 is 61.7 Å². The van der Waals surface area contributed by atoms with E-state index in [2.05, 4.69) is 0 Å². The van der Waals surface area contributed by atoms with Crippen molar-refractivity contribution < 1.29 is 13.1 Å². The molecule has 1 aromatic carbocycles. The van der Waals surface area contributed by atoms with Crippen LogP contribution in [0.1, 0.15) is 11.1 Å². The number of halogens is 4. The SMILES string of the molecule is Cc1c(Cl)c(Cl)c(C[N+]2([O-])C=CC=CC2=S(=O)=O)c(Cl)c1Cl. The average molecular weight is 401 g/mol. The quantitative estimate of drug-likeness (QED) is 0.317. The molecule has 4 nitrogen and oxygen atoms in total. The average Bonchev–Trinajstić information content (AvgIpc) is 2.48. The summed E-state index contributed by atoms with van der Waals surface area (Å²) in [6.45, 7) is 1.29. The van der Waals surface area contributed by atoms with Gasteiger partial charge in [-0.25, -0.2) is 0 Å². The molecule has 0 amide bonds. The van der Waals surface area contributed by atoms with Gasteiger partial charge in [0.15, 0.2) is 0 Å². The Morgan fingerprint density at radius 1 is 1.05 bits per heavy atom. The van der Waals surface area contributed by atoms with Crippen LogP contribution in [0, 0.1) is 12.1 Å². The van der Waals surface area contributed by atoms with Crippen molar-refractivity contribution in [2.24, 2.45) is 0 Å². The van der Waals surface area contributed by atoms with Gasteiger partial charge in [0, 0.05) is 11.6 Å². The maximum Gasteiger partial charge on any atom is 0.277 e. The molecule has 1 atom stereocenters. The predicted octanol–water partition coefficient (Wildman–Crippen LogP) is 4.52. The number of quaternary nitrogens is 1. The summed E-state index contributed by atoms with van der Waals surface area (Å²) in [4.78, 5) is -0.359. The van der Waals surface area contributed by atoms with Gasteiger partial charge < -0.3 is 5.21 Å². The number of rotatable bonds is 2. The minimum absolute atomic E-state index is 0.0842. The summed E-state index contributed by atoms with van der Waals surface area (Å²) in [5.41, 5.74) is 0.687. The smallest absolute Gasteiger partial charge is 0.277 e. The molecule has 118 valence electrons. The lowest BCUT2D eigenvalue weighted by atomic mass is 10.1. The topological polar surface area (TPSA) is 57.2 Å². The maximum absolute atomic E-state index is 12.8. The van der Waals surface area contributed by atoms with E-state index in [9.17, 15) is 13.6 Å². The van der Waals surface area contributed by atoms with Gasteiger partial charge in [-0.15, -0.1) is 0 Å². The van der Waals surface area contributed by atoms with Crippen LogP contribution in [-0.2, 0) is 16.8 Å². The molecular weight excluding hydrogens is 392 g/mol. The Kier molecular flexibility index (Phi) is 5.29. The Bertz CT molecular complexity index is 808. The van der Waals surface area contributed by atoms with Crippen LogP contribution in [0.5, 0.6) is 0 Å². The van der Waals surface area contributed by atoms with Gasteiger partial charge in [-0.3, -0.25) is 4.65 Å². The van der Waals surface area contributed by atoms with Crippen molar-refractivity contribution in [2.45, 2.75) is 13.5 Å². The molecule has 0 radical (unpaired) electrons. The van der Waals surface area contributed by atoms with Gasteiger partial charge in [0.05, 0.1) is 20.1 Å². The van der Waals surface area contributed by atoms with Crippen LogP contribution in [0.25, 0.3) is 0 Å². The first-order chi connectivity index (χ1) is 10.2. The third-order valence-electron chi connectivity index (χ3n) is 3.19. The van der Waals surface area contributed by atoms with Crippen molar-refractivity contribution in [1.82, 2.24) is 0 Å². The number of nitrogens with zero attached hydrogens (tertiary/aromatic N) is 1. The van der Waals surface area contributed by atoms with Crippen LogP contribution in [0.2, 0.25) is 20.1 Å². The standard InChI is InChI=1S/C13H9Cl4NO3S/c1-7-10(14)12(16)8(13(17)11(7)15)6-18(19)5-3-2-4-9(18)22(20)21/h2-5H,6H2,1H3. The van der Waals surface area contributed by atoms with E-state index in [-0.39, 0.29) is 37.2 Å². The summed E-state index contributed by atoms with van der Waals surface area (Å²) >= 11 is 24.5. The molecular formula is C13H9Cl4NO3S. The molecule has 0 spiro atoms. The molecule has 1 unspecified atom stereocenters. The number of hydroxylamine groups is 3. The first-order valence-electron chi connectivity index (χ1n) is 5.92. The molecule has 22 heavy (non-hydrogen) atoms. The number of hydrogen-bond acceptors (Lipinski definition) is 3. The third-order valence-corrected chi connectivity index (χ3v) is 5.95. The first-order valence-corrected chi connectivity index (χ1v) is 8.50. The van der Waals surface area contributed by atoms with E-state index >= 15 is 0 Å². The molecule has 1 aromatic rings. The van der Waals surface area contributed by atoms with E-state index in [1.807, 2.05) is 0 Å². The Morgan fingerprint density at radius 2 is 1.59 bits per heavy atom. The summed E-state index contributed by atoms with van der Waals surface area (Å²) in [7, 11) is -2.69. The lowest BCUT2D eigenvalue weighted by Gasteiger charge is -2.38. The summed E-state index contributed by atoms with van der Waals surface area (Å²) in [5, 5.41) is 13.4. The molecule has 0 aromatic heterocycles. The number of benzene rings is 1. The van der Waals surface area contributed by atoms with Crippen LogP contribution in [0.15, 0.2) is 24.4 Å². The number of hydrogen-bond donors (Lipinski definition) is 0. The largest absolute Gasteiger partial charge is 0.621 e. The minimum Gasteiger partial charge on any atom is -0.621 e. The van der Waals surface area contributed by atoms with Gasteiger partial charge in [0.25, 0.3) is 15.3 Å². The second kappa shape index (κ2) is 6.53. The Balaban J connectivity index is 2.63. The summed E-state index contributed by atoms with van der Waals surface area (Å²) in [6.07, 6.45) is 5.30. The normalized spacial score (nSPS) is 20.5. The Hall–Kier alpha value is -0.530. The molecule has 0 saturated carbocycles. The predicted molar refractivity (Wildman–Crippen MR) is 90.8 cm³/mol. The minimum atomic E-state index is -2.69. The molecule has 1 aliphatic rings. The van der Waals surface area contributed by atoms with E-state index in [1.54, 1.807) is 6.92 Å². The van der Waals surface area contributed by atoms with Crippen molar-refractivity contribution in [2.75, 3.05) is 0 Å². The Morgan fingerprint density at radius 3 is 2.09 bits per heavy atom. The fraction of sp³-hybridized carbons (Fsp3) is 0.154. The van der Waals surface area contributed by atoms with Gasteiger partial charge >= 0.3 is 0 Å². The lowest BCUT2D eigenvalue weighted by molar-refractivity contribution is -0.744. The highest BCUT2D eigenvalue weighted by molar-refractivity contribution is 7.72. The molecule has 0 saturated heterocycles. The zero-order valence-corrected chi connectivity index (χ0v) is 14.9. The van der Waals surface area contributed by atoms with Crippen molar-refractivity contribution in [3.63, 3.8) is 0 Å². The van der Waals surface area contributed by atoms with Gasteiger partial charge in [-0.2, -0.15) is 8.42 Å². The lowest BCUT2D eigenvalue weighted by Crippen LogP contribution is -2.42. The van der Waals surface area contributed by atoms with Crippen LogP contribution in [0.3, 0.4) is 0 Å². The highest BCUT2D eigenvalue weighted by atomic mass is 35.5. The molecule has 1 heterocycles. The third kappa shape index (κ3) is 3.08. The molecule has 0 bridgehead atoms. The maximum atomic E-state index is 12.8. The van der Waals surface area contributed by atoms with Crippen molar-refractivity contribution in [1.29, 1.82) is 0 Å². The molecule has 0 aliphatic carbocycles. The van der Waals surface area contributed by atoms with E-state index < -0.39 is 14.9 Å². The van der Waals surface area contributed by atoms with E-state index in [0.29, 0.717) is 5.56 Å². The van der Waals surface area contributed by atoms with E-state index in [1.165, 1.54) is 24.4 Å². The zero-order valence-electron chi connectivity index (χ0n) is 11.1. The summed E-state index contributed by atoms with van der Waals surface area (Å²) in [5.74, 6) is 0. The van der Waals surface area contributed by atoms with E-state index in [4.69, 9.17) is 46.4 Å². The highest BCUT2D eigenvalue weighted by Crippen LogP contribution is 2.42. The molecule has 2 rings (SSSR count). The van der Waals surface area contributed by atoms with Crippen LogP contribution < -0.4 is 0 Å². The zero-order chi connectivity index (χ0) is 16.7. The first kappa shape index (κ1) is 17.8. The van der Waals surface area contributed by atoms with Crippen molar-refractivity contribution in [3.05, 3.63) is 60.9 Å². The van der Waals surface area contributed by atoms with Crippen LogP contribution >= 0.6 is 46.4 Å². The number of allylic oxidation sites excluding steroid dienone is 2. The van der Waals surface area contributed by atoms with Crippen LogP contribution in [0.4, 0.5) is 0 Å². The van der Waals surface area contributed by atoms with Crippen molar-refractivity contribution in [3.8, 4) is 0 Å². The fourth-order valence-electron chi connectivity index (χ4n) is 2.00. The summed E-state index contributed by atoms with van der Waals surface area (Å²) < 4.78 is 21.3. The summed E-state index contributed by atoms with van der Waals surface area (Å²) in [6, 6.07) is 0. The van der Waals surface area contributed by atoms with Gasteiger partial charge in [-0.05, 0) is 24.6 Å². The highest BCUT2D eigenvalue weighted by Gasteiger charge is 2.29. The second-order valence-electron chi connectivity index (χ2n) is 4.59. The second-order valence-corrected chi connectivity index (χ2v) is 6.99. The molecule has 0 N–H and O–H groups in total. The monoisotopic (exact) mass is 399 g/mol. The molecule has 1 aliphatic heterocycles. The van der Waals surface area contributed by atoms with Crippen LogP contribution in [-0.4, -0.2) is 18.1 Å².